The van der Waals surface area contributed by atoms with Gasteiger partial charge in [-0.1, -0.05) is 12.1 Å². The van der Waals surface area contributed by atoms with Gasteiger partial charge in [-0.3, -0.25) is 4.79 Å². The molecule has 1 heterocycles. The van der Waals surface area contributed by atoms with E-state index in [0.29, 0.717) is 6.54 Å². The van der Waals surface area contributed by atoms with Crippen molar-refractivity contribution in [1.82, 2.24) is 15.1 Å². The summed E-state index contributed by atoms with van der Waals surface area (Å²) in [5.41, 5.74) is 1.65. The molecule has 0 radical (unpaired) electrons. The molecule has 19 heavy (non-hydrogen) atoms. The van der Waals surface area contributed by atoms with Gasteiger partial charge in [0.05, 0.1) is 12.2 Å². The molecule has 5 nitrogen and oxygen atoms in total. The van der Waals surface area contributed by atoms with Gasteiger partial charge in [0, 0.05) is 24.6 Å². The van der Waals surface area contributed by atoms with Crippen LogP contribution in [0.2, 0.25) is 0 Å². The molecule has 2 aromatic rings. The minimum atomic E-state index is -0.0838. The first-order valence-electron chi connectivity index (χ1n) is 6.01. The van der Waals surface area contributed by atoms with Crippen LogP contribution in [0.15, 0.2) is 55.4 Å². The van der Waals surface area contributed by atoms with Crippen molar-refractivity contribution >= 4 is 11.6 Å². The summed E-state index contributed by atoms with van der Waals surface area (Å²) < 4.78 is 1.74. The number of nitrogens with zero attached hydrogens (tertiary/aromatic N) is 2. The van der Waals surface area contributed by atoms with Gasteiger partial charge in [0.15, 0.2) is 0 Å². The summed E-state index contributed by atoms with van der Waals surface area (Å²) in [6, 6.07) is 9.38. The van der Waals surface area contributed by atoms with Gasteiger partial charge in [0.25, 0.3) is 0 Å². The van der Waals surface area contributed by atoms with Crippen molar-refractivity contribution in [1.29, 1.82) is 0 Å². The van der Waals surface area contributed by atoms with E-state index < -0.39 is 0 Å². The predicted octanol–water partition coefficient (Wildman–Crippen LogP) is 1.59. The van der Waals surface area contributed by atoms with E-state index >= 15 is 0 Å². The second kappa shape index (κ2) is 6.51. The van der Waals surface area contributed by atoms with Crippen molar-refractivity contribution in [3.63, 3.8) is 0 Å². The Balaban J connectivity index is 1.99. The molecular weight excluding hydrogens is 240 g/mol. The van der Waals surface area contributed by atoms with Gasteiger partial charge in [-0.2, -0.15) is 5.10 Å². The first-order chi connectivity index (χ1) is 9.29. The zero-order chi connectivity index (χ0) is 13.5. The fourth-order valence-electron chi connectivity index (χ4n) is 1.64. The predicted molar refractivity (Wildman–Crippen MR) is 75.3 cm³/mol. The average molecular weight is 256 g/mol. The number of nitrogens with one attached hydrogen (secondary N) is 2. The van der Waals surface area contributed by atoms with Crippen molar-refractivity contribution in [2.45, 2.75) is 0 Å². The first-order valence-corrected chi connectivity index (χ1v) is 6.01. The number of rotatable bonds is 6. The van der Waals surface area contributed by atoms with Gasteiger partial charge in [0.1, 0.15) is 0 Å². The summed E-state index contributed by atoms with van der Waals surface area (Å²) in [4.78, 5) is 11.7. The van der Waals surface area contributed by atoms with Gasteiger partial charge < -0.3 is 10.6 Å². The molecule has 0 saturated carbocycles. The molecule has 1 amide bonds. The second-order valence-corrected chi connectivity index (χ2v) is 3.97. The number of carbonyl (C=O) groups is 1. The van der Waals surface area contributed by atoms with Crippen LogP contribution in [0.1, 0.15) is 0 Å². The number of hydrogen-bond donors (Lipinski definition) is 2. The highest BCUT2D eigenvalue weighted by Gasteiger charge is 2.03. The molecule has 0 aliphatic heterocycles. The Hall–Kier alpha value is -2.40. The molecule has 0 aliphatic rings. The van der Waals surface area contributed by atoms with Crippen LogP contribution in [0.5, 0.6) is 0 Å². The molecule has 1 aromatic heterocycles. The lowest BCUT2D eigenvalue weighted by atomic mass is 10.2. The minimum absolute atomic E-state index is 0.0838. The monoisotopic (exact) mass is 256 g/mol. The summed E-state index contributed by atoms with van der Waals surface area (Å²) in [5.74, 6) is -0.0838. The van der Waals surface area contributed by atoms with Crippen molar-refractivity contribution in [2.75, 3.05) is 18.4 Å². The second-order valence-electron chi connectivity index (χ2n) is 3.97. The van der Waals surface area contributed by atoms with E-state index in [1.54, 1.807) is 17.0 Å². The van der Waals surface area contributed by atoms with E-state index in [2.05, 4.69) is 22.3 Å². The Kier molecular flexibility index (Phi) is 4.47. The highest BCUT2D eigenvalue weighted by molar-refractivity contribution is 5.92. The summed E-state index contributed by atoms with van der Waals surface area (Å²) in [5, 5.41) is 9.92. The van der Waals surface area contributed by atoms with Crippen LogP contribution in [0.4, 0.5) is 5.69 Å². The molecule has 2 rings (SSSR count). The Bertz CT molecular complexity index is 548. The van der Waals surface area contributed by atoms with Crippen LogP contribution in [0.3, 0.4) is 0 Å². The Morgan fingerprint density at radius 1 is 1.42 bits per heavy atom. The zero-order valence-electron chi connectivity index (χ0n) is 10.5. The quantitative estimate of drug-likeness (QED) is 0.609. The summed E-state index contributed by atoms with van der Waals surface area (Å²) >= 11 is 0. The third kappa shape index (κ3) is 3.79. The lowest BCUT2D eigenvalue weighted by molar-refractivity contribution is -0.115. The Morgan fingerprint density at radius 3 is 3.05 bits per heavy atom. The van der Waals surface area contributed by atoms with Gasteiger partial charge in [0.2, 0.25) is 5.91 Å². The van der Waals surface area contributed by atoms with Crippen LogP contribution in [0.25, 0.3) is 5.69 Å². The SMILES string of the molecule is C=CCNCC(=O)Nc1cccc(-n2cccn2)c1. The Labute approximate surface area is 111 Å². The topological polar surface area (TPSA) is 59.0 Å². The molecule has 98 valence electrons. The zero-order valence-corrected chi connectivity index (χ0v) is 10.5. The lowest BCUT2D eigenvalue weighted by Gasteiger charge is -2.07. The fraction of sp³-hybridized carbons (Fsp3) is 0.143. The number of aromatic nitrogens is 2. The van der Waals surface area contributed by atoms with Crippen LogP contribution >= 0.6 is 0 Å². The third-order valence-electron chi connectivity index (χ3n) is 2.47. The van der Waals surface area contributed by atoms with Gasteiger partial charge in [-0.25, -0.2) is 4.68 Å². The maximum Gasteiger partial charge on any atom is 0.238 e. The van der Waals surface area contributed by atoms with Crippen LogP contribution in [-0.4, -0.2) is 28.8 Å². The van der Waals surface area contributed by atoms with E-state index in [1.165, 1.54) is 0 Å². The van der Waals surface area contributed by atoms with E-state index in [1.807, 2.05) is 36.5 Å². The number of amides is 1. The maximum atomic E-state index is 11.7. The fourth-order valence-corrected chi connectivity index (χ4v) is 1.64. The molecular formula is C14H16N4O. The van der Waals surface area contributed by atoms with Gasteiger partial charge in [-0.15, -0.1) is 6.58 Å². The largest absolute Gasteiger partial charge is 0.325 e. The number of benzene rings is 1. The smallest absolute Gasteiger partial charge is 0.238 e. The van der Waals surface area contributed by atoms with Crippen LogP contribution < -0.4 is 10.6 Å². The van der Waals surface area contributed by atoms with Crippen LogP contribution in [0, 0.1) is 0 Å². The summed E-state index contributed by atoms with van der Waals surface area (Å²) in [6.07, 6.45) is 5.28. The molecule has 0 spiro atoms. The molecule has 1 aromatic carbocycles. The minimum Gasteiger partial charge on any atom is -0.325 e. The lowest BCUT2D eigenvalue weighted by Crippen LogP contribution is -2.28. The molecule has 5 heteroatoms. The highest BCUT2D eigenvalue weighted by Crippen LogP contribution is 2.13. The number of carbonyl (C=O) groups excluding carboxylic acids is 1. The van der Waals surface area contributed by atoms with Crippen molar-refractivity contribution in [2.24, 2.45) is 0 Å². The summed E-state index contributed by atoms with van der Waals surface area (Å²) in [6.45, 7) is 4.45. The molecule has 0 bridgehead atoms. The van der Waals surface area contributed by atoms with E-state index in [4.69, 9.17) is 0 Å². The summed E-state index contributed by atoms with van der Waals surface area (Å²) in [7, 11) is 0. The highest BCUT2D eigenvalue weighted by atomic mass is 16.1. The van der Waals surface area contributed by atoms with Crippen molar-refractivity contribution < 1.29 is 4.79 Å². The molecule has 0 fully saturated rings. The normalized spacial score (nSPS) is 10.1. The van der Waals surface area contributed by atoms with Crippen molar-refractivity contribution in [3.05, 3.63) is 55.4 Å². The van der Waals surface area contributed by atoms with Crippen molar-refractivity contribution in [3.8, 4) is 5.69 Å². The molecule has 0 saturated heterocycles. The van der Waals surface area contributed by atoms with E-state index in [-0.39, 0.29) is 12.5 Å². The molecule has 2 N–H and O–H groups in total. The van der Waals surface area contributed by atoms with Gasteiger partial charge >= 0.3 is 0 Å². The molecule has 0 unspecified atom stereocenters. The van der Waals surface area contributed by atoms with E-state index in [0.717, 1.165) is 11.4 Å². The molecule has 0 aliphatic carbocycles. The maximum absolute atomic E-state index is 11.7. The third-order valence-corrected chi connectivity index (χ3v) is 2.47. The Morgan fingerprint density at radius 2 is 2.32 bits per heavy atom. The number of hydrogen-bond acceptors (Lipinski definition) is 3. The van der Waals surface area contributed by atoms with Gasteiger partial charge in [-0.05, 0) is 24.3 Å². The van der Waals surface area contributed by atoms with Crippen LogP contribution in [-0.2, 0) is 4.79 Å². The molecule has 0 atom stereocenters. The number of anilines is 1. The first kappa shape index (κ1) is 13.0. The standard InChI is InChI=1S/C14H16N4O/c1-2-7-15-11-14(19)17-12-5-3-6-13(10-12)18-9-4-8-16-18/h2-6,8-10,15H,1,7,11H2,(H,17,19). The van der Waals surface area contributed by atoms with E-state index in [9.17, 15) is 4.79 Å². The average Bonchev–Trinajstić information content (AvgIpc) is 2.93.